The van der Waals surface area contributed by atoms with Gasteiger partial charge in [-0.3, -0.25) is 0 Å². The molecule has 0 aliphatic carbocycles. The Hall–Kier alpha value is -0.413. The molecule has 0 saturated heterocycles. The van der Waals surface area contributed by atoms with Gasteiger partial charge in [-0.1, -0.05) is 6.92 Å². The average molecular weight is 231 g/mol. The molecule has 0 aliphatic heterocycles. The third-order valence-corrected chi connectivity index (χ3v) is 5.49. The fourth-order valence-corrected chi connectivity index (χ4v) is 4.17. The summed E-state index contributed by atoms with van der Waals surface area (Å²) >= 11 is 0. The number of hydrogen-bond acceptors (Lipinski definition) is 4. The van der Waals surface area contributed by atoms with E-state index in [1.165, 1.54) is 0 Å². The Balaban J connectivity index is 4.81. The minimum atomic E-state index is -2.79. The van der Waals surface area contributed by atoms with Gasteiger partial charge in [0.15, 0.2) is 0 Å². The predicted molar refractivity (Wildman–Crippen MR) is 60.3 cm³/mol. The number of nitriles is 1. The first-order valence-corrected chi connectivity index (χ1v) is 7.32. The van der Waals surface area contributed by atoms with E-state index in [2.05, 4.69) is 6.07 Å². The lowest BCUT2D eigenvalue weighted by molar-refractivity contribution is 0.0655. The molecule has 15 heavy (non-hydrogen) atoms. The van der Waals surface area contributed by atoms with E-state index >= 15 is 0 Å². The van der Waals surface area contributed by atoms with Gasteiger partial charge in [-0.25, -0.2) is 0 Å². The van der Waals surface area contributed by atoms with E-state index in [0.717, 1.165) is 0 Å². The molecule has 0 aliphatic rings. The summed E-state index contributed by atoms with van der Waals surface area (Å²) in [4.78, 5) is 0. The van der Waals surface area contributed by atoms with E-state index in [9.17, 15) is 0 Å². The molecule has 0 saturated carbocycles. The molecule has 5 heteroatoms. The van der Waals surface area contributed by atoms with E-state index in [0.29, 0.717) is 26.2 Å². The maximum absolute atomic E-state index is 9.09. The summed E-state index contributed by atoms with van der Waals surface area (Å²) in [7, 11) is -2.79. The zero-order valence-electron chi connectivity index (χ0n) is 10.1. The van der Waals surface area contributed by atoms with Crippen LogP contribution in [-0.4, -0.2) is 28.6 Å². The van der Waals surface area contributed by atoms with Crippen molar-refractivity contribution in [2.75, 3.05) is 19.8 Å². The van der Waals surface area contributed by atoms with Crippen LogP contribution in [-0.2, 0) is 13.3 Å². The highest BCUT2D eigenvalue weighted by molar-refractivity contribution is 6.63. The van der Waals surface area contributed by atoms with Gasteiger partial charge in [0.05, 0.1) is 6.07 Å². The van der Waals surface area contributed by atoms with Crippen molar-refractivity contribution in [1.82, 2.24) is 0 Å². The third kappa shape index (κ3) is 3.91. The quantitative estimate of drug-likeness (QED) is 0.602. The summed E-state index contributed by atoms with van der Waals surface area (Å²) < 4.78 is 16.9. The molecule has 0 heterocycles. The van der Waals surface area contributed by atoms with Crippen LogP contribution in [0.4, 0.5) is 0 Å². The van der Waals surface area contributed by atoms with Gasteiger partial charge in [0.2, 0.25) is 0 Å². The van der Waals surface area contributed by atoms with E-state index in [4.69, 9.17) is 18.5 Å². The fourth-order valence-electron chi connectivity index (χ4n) is 1.45. The van der Waals surface area contributed by atoms with Crippen LogP contribution in [0.1, 0.15) is 34.1 Å². The largest absolute Gasteiger partial charge is 0.518 e. The second kappa shape index (κ2) is 7.82. The number of hydrogen-bond donors (Lipinski definition) is 0. The van der Waals surface area contributed by atoms with Gasteiger partial charge in [-0.2, -0.15) is 5.26 Å². The fraction of sp³-hybridized carbons (Fsp3) is 0.900. The van der Waals surface area contributed by atoms with Crippen molar-refractivity contribution in [1.29, 1.82) is 5.26 Å². The molecule has 0 amide bonds. The maximum Gasteiger partial charge on any atom is 0.518 e. The summed E-state index contributed by atoms with van der Waals surface area (Å²) in [6.07, 6.45) is 0.697. The van der Waals surface area contributed by atoms with Gasteiger partial charge < -0.3 is 13.3 Å². The van der Waals surface area contributed by atoms with Crippen molar-refractivity contribution < 1.29 is 13.3 Å². The molecule has 88 valence electrons. The van der Waals surface area contributed by atoms with Gasteiger partial charge in [-0.15, -0.1) is 0 Å². The maximum atomic E-state index is 9.09. The van der Waals surface area contributed by atoms with Gasteiger partial charge in [0.1, 0.15) is 5.54 Å². The van der Waals surface area contributed by atoms with E-state index < -0.39 is 8.80 Å². The Morgan fingerprint density at radius 1 is 1.00 bits per heavy atom. The lowest BCUT2D eigenvalue weighted by Gasteiger charge is -2.31. The third-order valence-electron chi connectivity index (χ3n) is 2.03. The molecule has 0 fully saturated rings. The second-order valence-electron chi connectivity index (χ2n) is 2.99. The Morgan fingerprint density at radius 3 is 1.60 bits per heavy atom. The van der Waals surface area contributed by atoms with Gasteiger partial charge in [-0.05, 0) is 27.2 Å². The molecule has 0 radical (unpaired) electrons. The van der Waals surface area contributed by atoms with Crippen LogP contribution in [0.25, 0.3) is 0 Å². The van der Waals surface area contributed by atoms with Crippen molar-refractivity contribution in [2.24, 2.45) is 0 Å². The lowest BCUT2D eigenvalue weighted by Crippen LogP contribution is -2.50. The summed E-state index contributed by atoms with van der Waals surface area (Å²) in [5, 5.41) is 9.09. The summed E-state index contributed by atoms with van der Waals surface area (Å²) in [5.74, 6) is 0. The summed E-state index contributed by atoms with van der Waals surface area (Å²) in [6.45, 7) is 9.18. The summed E-state index contributed by atoms with van der Waals surface area (Å²) in [6, 6.07) is 2.23. The van der Waals surface area contributed by atoms with Crippen LogP contribution in [0, 0.1) is 11.3 Å². The zero-order valence-corrected chi connectivity index (χ0v) is 11.1. The van der Waals surface area contributed by atoms with Crippen LogP contribution in [0.15, 0.2) is 0 Å². The van der Waals surface area contributed by atoms with Crippen LogP contribution in [0.3, 0.4) is 0 Å². The Kier molecular flexibility index (Phi) is 7.61. The normalized spacial score (nSPS) is 13.5. The molecule has 1 unspecified atom stereocenters. The minimum absolute atomic E-state index is 0.266. The lowest BCUT2D eigenvalue weighted by atomic mass is 10.4. The first kappa shape index (κ1) is 14.6. The first-order valence-electron chi connectivity index (χ1n) is 5.52. The highest BCUT2D eigenvalue weighted by Crippen LogP contribution is 2.28. The van der Waals surface area contributed by atoms with Gasteiger partial charge in [0.25, 0.3) is 0 Å². The predicted octanol–water partition coefficient (Wildman–Crippen LogP) is 2.34. The Bertz CT molecular complexity index is 188. The molecular weight excluding hydrogens is 210 g/mol. The van der Waals surface area contributed by atoms with Crippen molar-refractivity contribution in [3.05, 3.63) is 0 Å². The van der Waals surface area contributed by atoms with E-state index in [1.807, 2.05) is 27.7 Å². The smallest absolute Gasteiger partial charge is 0.373 e. The van der Waals surface area contributed by atoms with Gasteiger partial charge >= 0.3 is 8.80 Å². The van der Waals surface area contributed by atoms with Gasteiger partial charge in [0, 0.05) is 19.8 Å². The van der Waals surface area contributed by atoms with Crippen molar-refractivity contribution in [3.63, 3.8) is 0 Å². The van der Waals surface area contributed by atoms with E-state index in [-0.39, 0.29) is 5.54 Å². The zero-order chi connectivity index (χ0) is 11.7. The minimum Gasteiger partial charge on any atom is -0.373 e. The summed E-state index contributed by atoms with van der Waals surface area (Å²) in [5.41, 5.74) is -0.266. The van der Waals surface area contributed by atoms with Crippen molar-refractivity contribution in [2.45, 2.75) is 39.7 Å². The monoisotopic (exact) mass is 231 g/mol. The highest BCUT2D eigenvalue weighted by Gasteiger charge is 2.48. The van der Waals surface area contributed by atoms with Crippen LogP contribution in [0.2, 0.25) is 5.54 Å². The topological polar surface area (TPSA) is 51.5 Å². The second-order valence-corrected chi connectivity index (χ2v) is 5.76. The molecule has 0 aromatic carbocycles. The highest BCUT2D eigenvalue weighted by atomic mass is 28.4. The molecule has 1 atom stereocenters. The van der Waals surface area contributed by atoms with E-state index in [1.54, 1.807) is 0 Å². The molecular formula is C10H21NO3Si. The van der Waals surface area contributed by atoms with Crippen molar-refractivity contribution >= 4 is 8.80 Å². The molecule has 4 nitrogen and oxygen atoms in total. The Morgan fingerprint density at radius 2 is 1.40 bits per heavy atom. The first-order chi connectivity index (χ1) is 7.20. The number of nitrogens with zero attached hydrogens (tertiary/aromatic N) is 1. The van der Waals surface area contributed by atoms with Crippen LogP contribution in [0.5, 0.6) is 0 Å². The van der Waals surface area contributed by atoms with Crippen molar-refractivity contribution in [3.8, 4) is 6.07 Å². The van der Waals surface area contributed by atoms with Crippen LogP contribution >= 0.6 is 0 Å². The van der Waals surface area contributed by atoms with Crippen LogP contribution < -0.4 is 0 Å². The number of rotatable bonds is 8. The Labute approximate surface area is 93.5 Å². The standard InChI is InChI=1S/C10H21NO3Si/c1-5-10(9-11)15(12-6-2,13-7-3)14-8-4/h10H,5-8H2,1-4H3. The average Bonchev–Trinajstić information content (AvgIpc) is 2.20. The molecule has 0 bridgehead atoms. The molecule has 0 aromatic rings. The molecule has 0 N–H and O–H groups in total. The molecule has 0 rings (SSSR count). The SMILES string of the molecule is CCO[Si](OCC)(OCC)C(C#N)CC. The molecule has 0 aromatic heterocycles. The molecule has 0 spiro atoms.